The lowest BCUT2D eigenvalue weighted by Crippen LogP contribution is -2.48. The summed E-state index contributed by atoms with van der Waals surface area (Å²) in [6, 6.07) is 0.752. The van der Waals surface area contributed by atoms with E-state index in [2.05, 4.69) is 19.2 Å². The molecule has 104 valence electrons. The number of nitrogens with zero attached hydrogens (tertiary/aromatic N) is 1. The Labute approximate surface area is 110 Å². The summed E-state index contributed by atoms with van der Waals surface area (Å²) in [4.78, 5) is 14.6. The summed E-state index contributed by atoms with van der Waals surface area (Å²) < 4.78 is 5.52. The summed E-state index contributed by atoms with van der Waals surface area (Å²) in [5.74, 6) is 0.345. The summed E-state index contributed by atoms with van der Waals surface area (Å²) in [5.41, 5.74) is 0. The Kier molecular flexibility index (Phi) is 4.62. The second-order valence-electron chi connectivity index (χ2n) is 5.85. The summed E-state index contributed by atoms with van der Waals surface area (Å²) in [6.45, 7) is 8.89. The number of rotatable bonds is 4. The molecule has 3 unspecified atom stereocenters. The third kappa shape index (κ3) is 3.04. The highest BCUT2D eigenvalue weighted by molar-refractivity contribution is 5.80. The number of carbonyl (C=O) groups is 1. The van der Waals surface area contributed by atoms with Crippen molar-refractivity contribution in [1.29, 1.82) is 0 Å². The van der Waals surface area contributed by atoms with E-state index < -0.39 is 0 Å². The van der Waals surface area contributed by atoms with Gasteiger partial charge in [-0.3, -0.25) is 4.79 Å². The van der Waals surface area contributed by atoms with Crippen LogP contribution in [0.2, 0.25) is 0 Å². The number of carbonyl (C=O) groups excluding carboxylic acids is 1. The van der Waals surface area contributed by atoms with E-state index in [1.165, 1.54) is 12.8 Å². The van der Waals surface area contributed by atoms with E-state index in [0.717, 1.165) is 26.1 Å². The Morgan fingerprint density at radius 1 is 1.44 bits per heavy atom. The van der Waals surface area contributed by atoms with Gasteiger partial charge in [-0.05, 0) is 46.6 Å². The zero-order valence-electron chi connectivity index (χ0n) is 11.8. The highest BCUT2D eigenvalue weighted by atomic mass is 16.5. The van der Waals surface area contributed by atoms with E-state index in [1.54, 1.807) is 0 Å². The maximum atomic E-state index is 12.6. The molecule has 1 amide bonds. The highest BCUT2D eigenvalue weighted by Crippen LogP contribution is 2.24. The second kappa shape index (κ2) is 6.02. The van der Waals surface area contributed by atoms with E-state index in [-0.39, 0.29) is 24.0 Å². The molecule has 3 atom stereocenters. The molecule has 2 aliphatic rings. The van der Waals surface area contributed by atoms with Gasteiger partial charge in [0, 0.05) is 25.2 Å². The third-order valence-electron chi connectivity index (χ3n) is 4.18. The number of amides is 1. The molecule has 0 aromatic heterocycles. The van der Waals surface area contributed by atoms with Gasteiger partial charge < -0.3 is 15.0 Å². The fourth-order valence-electron chi connectivity index (χ4n) is 2.97. The van der Waals surface area contributed by atoms with Gasteiger partial charge in [-0.2, -0.15) is 0 Å². The maximum absolute atomic E-state index is 12.6. The van der Waals surface area contributed by atoms with Crippen LogP contribution >= 0.6 is 0 Å². The molecule has 4 heteroatoms. The molecule has 1 N–H and O–H groups in total. The first-order valence-corrected chi connectivity index (χ1v) is 7.25. The van der Waals surface area contributed by atoms with Crippen LogP contribution in [-0.2, 0) is 9.53 Å². The monoisotopic (exact) mass is 254 g/mol. The summed E-state index contributed by atoms with van der Waals surface area (Å²) in [6.07, 6.45) is 3.37. The van der Waals surface area contributed by atoms with Crippen molar-refractivity contribution in [2.75, 3.05) is 19.7 Å². The zero-order valence-corrected chi connectivity index (χ0v) is 11.8. The molecule has 2 saturated heterocycles. The third-order valence-corrected chi connectivity index (χ3v) is 4.18. The maximum Gasteiger partial charge on any atom is 0.228 e. The van der Waals surface area contributed by atoms with Crippen LogP contribution in [-0.4, -0.2) is 48.7 Å². The molecule has 0 aromatic carbocycles. The van der Waals surface area contributed by atoms with Crippen LogP contribution in [0.4, 0.5) is 0 Å². The van der Waals surface area contributed by atoms with Crippen molar-refractivity contribution < 1.29 is 9.53 Å². The van der Waals surface area contributed by atoms with Gasteiger partial charge in [0.25, 0.3) is 0 Å². The Hall–Kier alpha value is -0.610. The topological polar surface area (TPSA) is 41.6 Å². The minimum absolute atomic E-state index is 0.0637. The molecule has 4 nitrogen and oxygen atoms in total. The minimum atomic E-state index is 0.0637. The molecule has 2 aliphatic heterocycles. The molecule has 0 spiro atoms. The molecule has 0 radical (unpaired) electrons. The Balaban J connectivity index is 1.97. The second-order valence-corrected chi connectivity index (χ2v) is 5.85. The van der Waals surface area contributed by atoms with Crippen LogP contribution in [0.25, 0.3) is 0 Å². The zero-order chi connectivity index (χ0) is 13.1. The van der Waals surface area contributed by atoms with E-state index in [9.17, 15) is 4.79 Å². The van der Waals surface area contributed by atoms with Gasteiger partial charge in [-0.25, -0.2) is 0 Å². The quantitative estimate of drug-likeness (QED) is 0.824. The van der Waals surface area contributed by atoms with Crippen molar-refractivity contribution in [3.63, 3.8) is 0 Å². The van der Waals surface area contributed by atoms with Gasteiger partial charge in [-0.15, -0.1) is 0 Å². The molecule has 0 aromatic rings. The molecular formula is C14H26N2O2. The lowest BCUT2D eigenvalue weighted by atomic mass is 9.99. The van der Waals surface area contributed by atoms with Crippen LogP contribution in [0.3, 0.4) is 0 Å². The molecule has 0 aliphatic carbocycles. The largest absolute Gasteiger partial charge is 0.378 e. The standard InChI is InChI=1S/C14H26N2O2/c1-10(2)16(9-12-5-4-7-15-12)14(17)13-6-8-18-11(13)3/h10-13,15H,4-9H2,1-3H3. The fraction of sp³-hybridized carbons (Fsp3) is 0.929. The van der Waals surface area contributed by atoms with Crippen LogP contribution in [0, 0.1) is 5.92 Å². The number of hydrogen-bond donors (Lipinski definition) is 1. The van der Waals surface area contributed by atoms with Crippen LogP contribution in [0.5, 0.6) is 0 Å². The molecule has 2 heterocycles. The summed E-state index contributed by atoms with van der Waals surface area (Å²) in [5, 5.41) is 3.47. The first-order chi connectivity index (χ1) is 8.59. The molecular weight excluding hydrogens is 228 g/mol. The number of hydrogen-bond acceptors (Lipinski definition) is 3. The molecule has 2 fully saturated rings. The van der Waals surface area contributed by atoms with Gasteiger partial charge in [-0.1, -0.05) is 0 Å². The average molecular weight is 254 g/mol. The van der Waals surface area contributed by atoms with Gasteiger partial charge in [0.2, 0.25) is 5.91 Å². The molecule has 2 rings (SSSR count). The van der Waals surface area contributed by atoms with Crippen molar-refractivity contribution in [3.05, 3.63) is 0 Å². The Bertz CT molecular complexity index is 288. The van der Waals surface area contributed by atoms with Crippen LogP contribution < -0.4 is 5.32 Å². The van der Waals surface area contributed by atoms with E-state index in [0.29, 0.717) is 6.04 Å². The molecule has 0 bridgehead atoms. The molecule has 0 saturated carbocycles. The van der Waals surface area contributed by atoms with Gasteiger partial charge in [0.15, 0.2) is 0 Å². The first kappa shape index (κ1) is 13.8. The number of nitrogens with one attached hydrogen (secondary N) is 1. The first-order valence-electron chi connectivity index (χ1n) is 7.25. The van der Waals surface area contributed by atoms with Gasteiger partial charge >= 0.3 is 0 Å². The Morgan fingerprint density at radius 2 is 2.22 bits per heavy atom. The normalized spacial score (nSPS) is 32.1. The van der Waals surface area contributed by atoms with Crippen molar-refractivity contribution in [2.45, 2.75) is 58.2 Å². The van der Waals surface area contributed by atoms with Gasteiger partial charge in [0.05, 0.1) is 12.0 Å². The van der Waals surface area contributed by atoms with E-state index >= 15 is 0 Å². The van der Waals surface area contributed by atoms with E-state index in [1.807, 2.05) is 11.8 Å². The van der Waals surface area contributed by atoms with Crippen LogP contribution in [0.15, 0.2) is 0 Å². The smallest absolute Gasteiger partial charge is 0.228 e. The van der Waals surface area contributed by atoms with Crippen molar-refractivity contribution in [2.24, 2.45) is 5.92 Å². The summed E-state index contributed by atoms with van der Waals surface area (Å²) >= 11 is 0. The lowest BCUT2D eigenvalue weighted by Gasteiger charge is -2.32. The van der Waals surface area contributed by atoms with Crippen molar-refractivity contribution in [3.8, 4) is 0 Å². The molecule has 18 heavy (non-hydrogen) atoms. The fourth-order valence-corrected chi connectivity index (χ4v) is 2.97. The predicted molar refractivity (Wildman–Crippen MR) is 71.4 cm³/mol. The van der Waals surface area contributed by atoms with Crippen LogP contribution in [0.1, 0.15) is 40.0 Å². The van der Waals surface area contributed by atoms with Crippen molar-refractivity contribution in [1.82, 2.24) is 10.2 Å². The lowest BCUT2D eigenvalue weighted by molar-refractivity contribution is -0.139. The van der Waals surface area contributed by atoms with Gasteiger partial charge in [0.1, 0.15) is 0 Å². The average Bonchev–Trinajstić information content (AvgIpc) is 2.95. The minimum Gasteiger partial charge on any atom is -0.378 e. The predicted octanol–water partition coefficient (Wildman–Crippen LogP) is 1.40. The Morgan fingerprint density at radius 3 is 2.72 bits per heavy atom. The summed E-state index contributed by atoms with van der Waals surface area (Å²) in [7, 11) is 0. The highest BCUT2D eigenvalue weighted by Gasteiger charge is 2.35. The number of ether oxygens (including phenoxy) is 1. The van der Waals surface area contributed by atoms with Crippen molar-refractivity contribution >= 4 is 5.91 Å². The van der Waals surface area contributed by atoms with E-state index in [4.69, 9.17) is 4.74 Å². The SMILES string of the molecule is CC1OCCC1C(=O)N(CC1CCCN1)C(C)C.